The average molecular weight is 258 g/mol. The Morgan fingerprint density at radius 2 is 2.00 bits per heavy atom. The summed E-state index contributed by atoms with van der Waals surface area (Å²) in [5, 5.41) is 4.10. The van der Waals surface area contributed by atoms with Gasteiger partial charge in [0.1, 0.15) is 0 Å². The third kappa shape index (κ3) is 6.64. The molecule has 0 saturated carbocycles. The van der Waals surface area contributed by atoms with Crippen LogP contribution < -0.4 is 5.32 Å². The molecule has 0 bridgehead atoms. The van der Waals surface area contributed by atoms with Crippen LogP contribution >= 0.6 is 11.6 Å². The summed E-state index contributed by atoms with van der Waals surface area (Å²) in [5.41, 5.74) is 1.12. The molecule has 0 aliphatic heterocycles. The van der Waals surface area contributed by atoms with Gasteiger partial charge >= 0.3 is 0 Å². The lowest BCUT2D eigenvalue weighted by molar-refractivity contribution is 0.104. The summed E-state index contributed by atoms with van der Waals surface area (Å²) in [6.07, 6.45) is 0.945. The average Bonchev–Trinajstić information content (AvgIpc) is 2.35. The van der Waals surface area contributed by atoms with E-state index in [9.17, 15) is 0 Å². The molecule has 96 valence electrons. The predicted octanol–water partition coefficient (Wildman–Crippen LogP) is 2.48. The zero-order valence-electron chi connectivity index (χ0n) is 10.2. The van der Waals surface area contributed by atoms with Gasteiger partial charge in [0.05, 0.1) is 6.61 Å². The molecule has 0 radical (unpaired) electrons. The van der Waals surface area contributed by atoms with Gasteiger partial charge in [0.2, 0.25) is 0 Å². The van der Waals surface area contributed by atoms with E-state index < -0.39 is 0 Å². The summed E-state index contributed by atoms with van der Waals surface area (Å²) in [6, 6.07) is 7.85. The van der Waals surface area contributed by atoms with Crippen molar-refractivity contribution in [3.8, 4) is 0 Å². The Morgan fingerprint density at radius 3 is 2.76 bits per heavy atom. The van der Waals surface area contributed by atoms with Crippen molar-refractivity contribution in [3.63, 3.8) is 0 Å². The Morgan fingerprint density at radius 1 is 1.18 bits per heavy atom. The summed E-state index contributed by atoms with van der Waals surface area (Å²) in [6.45, 7) is 3.84. The van der Waals surface area contributed by atoms with E-state index in [0.29, 0.717) is 6.61 Å². The fraction of sp³-hybridized carbons (Fsp3) is 0.538. The van der Waals surface area contributed by atoms with Crippen LogP contribution in [0, 0.1) is 0 Å². The minimum Gasteiger partial charge on any atom is -0.385 e. The number of nitrogens with one attached hydrogen (secondary N) is 1. The minimum atomic E-state index is 0.716. The van der Waals surface area contributed by atoms with E-state index in [4.69, 9.17) is 21.1 Å². The van der Waals surface area contributed by atoms with Gasteiger partial charge in [-0.05, 0) is 18.1 Å². The maximum atomic E-state index is 6.04. The maximum absolute atomic E-state index is 6.04. The van der Waals surface area contributed by atoms with Gasteiger partial charge in [0.15, 0.2) is 0 Å². The van der Waals surface area contributed by atoms with Crippen molar-refractivity contribution < 1.29 is 9.47 Å². The molecule has 4 heteroatoms. The second-order valence-corrected chi connectivity index (χ2v) is 4.13. The molecule has 0 amide bonds. The first-order chi connectivity index (χ1) is 8.34. The van der Waals surface area contributed by atoms with Crippen LogP contribution in [0.15, 0.2) is 24.3 Å². The first kappa shape index (κ1) is 14.5. The van der Waals surface area contributed by atoms with E-state index in [-0.39, 0.29) is 0 Å². The zero-order valence-corrected chi connectivity index (χ0v) is 11.0. The molecular formula is C13H20ClNO2. The summed E-state index contributed by atoms with van der Waals surface area (Å²) >= 11 is 6.04. The molecule has 1 N–H and O–H groups in total. The van der Waals surface area contributed by atoms with Gasteiger partial charge in [-0.25, -0.2) is 0 Å². The normalized spacial score (nSPS) is 10.7. The molecule has 3 nitrogen and oxygen atoms in total. The molecule has 0 saturated heterocycles. The van der Waals surface area contributed by atoms with Crippen LogP contribution in [0.5, 0.6) is 0 Å². The number of hydrogen-bond donors (Lipinski definition) is 1. The predicted molar refractivity (Wildman–Crippen MR) is 70.5 cm³/mol. The third-order valence-electron chi connectivity index (χ3n) is 2.33. The Bertz CT molecular complexity index is 307. The zero-order chi connectivity index (χ0) is 12.3. The molecule has 0 spiro atoms. The SMILES string of the molecule is COCCCOCCNCc1ccccc1Cl. The molecule has 0 aliphatic carbocycles. The minimum absolute atomic E-state index is 0.716. The number of rotatable bonds is 9. The second kappa shape index (κ2) is 9.42. The first-order valence-electron chi connectivity index (χ1n) is 5.85. The molecule has 1 aromatic carbocycles. The first-order valence-corrected chi connectivity index (χ1v) is 6.23. The van der Waals surface area contributed by atoms with Gasteiger partial charge in [-0.15, -0.1) is 0 Å². The van der Waals surface area contributed by atoms with Crippen molar-refractivity contribution in [2.24, 2.45) is 0 Å². The standard InChI is InChI=1S/C13H20ClNO2/c1-16-8-4-9-17-10-7-15-11-12-5-2-3-6-13(12)14/h2-3,5-6,15H,4,7-11H2,1H3. The molecule has 17 heavy (non-hydrogen) atoms. The van der Waals surface area contributed by atoms with Crippen LogP contribution in [-0.2, 0) is 16.0 Å². The van der Waals surface area contributed by atoms with Crippen molar-refractivity contribution in [3.05, 3.63) is 34.9 Å². The quantitative estimate of drug-likeness (QED) is 0.690. The topological polar surface area (TPSA) is 30.5 Å². The monoisotopic (exact) mass is 257 g/mol. The number of benzene rings is 1. The highest BCUT2D eigenvalue weighted by atomic mass is 35.5. The van der Waals surface area contributed by atoms with E-state index in [1.807, 2.05) is 24.3 Å². The lowest BCUT2D eigenvalue weighted by Gasteiger charge is -2.07. The lowest BCUT2D eigenvalue weighted by Crippen LogP contribution is -2.19. The Hall–Kier alpha value is -0.610. The maximum Gasteiger partial charge on any atom is 0.0591 e. The number of methoxy groups -OCH3 is 1. The van der Waals surface area contributed by atoms with Crippen molar-refractivity contribution >= 4 is 11.6 Å². The van der Waals surface area contributed by atoms with E-state index >= 15 is 0 Å². The number of hydrogen-bond acceptors (Lipinski definition) is 3. The van der Waals surface area contributed by atoms with Gasteiger partial charge in [0.25, 0.3) is 0 Å². The molecule has 0 heterocycles. The number of halogens is 1. The fourth-order valence-corrected chi connectivity index (χ4v) is 1.62. The largest absolute Gasteiger partial charge is 0.385 e. The smallest absolute Gasteiger partial charge is 0.0591 e. The van der Waals surface area contributed by atoms with E-state index in [1.165, 1.54) is 0 Å². The van der Waals surface area contributed by atoms with Gasteiger partial charge in [-0.1, -0.05) is 29.8 Å². The van der Waals surface area contributed by atoms with Gasteiger partial charge in [0, 0.05) is 38.4 Å². The van der Waals surface area contributed by atoms with E-state index in [1.54, 1.807) is 7.11 Å². The third-order valence-corrected chi connectivity index (χ3v) is 2.70. The number of ether oxygens (including phenoxy) is 2. The highest BCUT2D eigenvalue weighted by Crippen LogP contribution is 2.13. The second-order valence-electron chi connectivity index (χ2n) is 3.73. The van der Waals surface area contributed by atoms with Crippen LogP contribution in [0.25, 0.3) is 0 Å². The molecular weight excluding hydrogens is 238 g/mol. The summed E-state index contributed by atoms with van der Waals surface area (Å²) in [7, 11) is 1.70. The summed E-state index contributed by atoms with van der Waals surface area (Å²) in [4.78, 5) is 0. The fourth-order valence-electron chi connectivity index (χ4n) is 1.42. The van der Waals surface area contributed by atoms with Crippen molar-refractivity contribution in [2.75, 3.05) is 33.5 Å². The van der Waals surface area contributed by atoms with Gasteiger partial charge < -0.3 is 14.8 Å². The van der Waals surface area contributed by atoms with Crippen LogP contribution in [0.3, 0.4) is 0 Å². The molecule has 0 fully saturated rings. The molecule has 0 atom stereocenters. The molecule has 0 aliphatic rings. The van der Waals surface area contributed by atoms with Crippen LogP contribution in [0.4, 0.5) is 0 Å². The van der Waals surface area contributed by atoms with Gasteiger partial charge in [-0.2, -0.15) is 0 Å². The van der Waals surface area contributed by atoms with E-state index in [2.05, 4.69) is 5.32 Å². The van der Waals surface area contributed by atoms with Crippen LogP contribution in [-0.4, -0.2) is 33.5 Å². The van der Waals surface area contributed by atoms with Gasteiger partial charge in [-0.3, -0.25) is 0 Å². The molecule has 1 rings (SSSR count). The lowest BCUT2D eigenvalue weighted by atomic mass is 10.2. The Balaban J connectivity index is 1.99. The van der Waals surface area contributed by atoms with Crippen molar-refractivity contribution in [1.29, 1.82) is 0 Å². The Labute approximate surface area is 108 Å². The summed E-state index contributed by atoms with van der Waals surface area (Å²) in [5.74, 6) is 0. The highest BCUT2D eigenvalue weighted by molar-refractivity contribution is 6.31. The highest BCUT2D eigenvalue weighted by Gasteiger charge is 1.97. The van der Waals surface area contributed by atoms with Crippen LogP contribution in [0.1, 0.15) is 12.0 Å². The van der Waals surface area contributed by atoms with Crippen molar-refractivity contribution in [2.45, 2.75) is 13.0 Å². The molecule has 0 unspecified atom stereocenters. The van der Waals surface area contributed by atoms with E-state index in [0.717, 1.165) is 43.3 Å². The Kier molecular flexibility index (Phi) is 8.01. The van der Waals surface area contributed by atoms with Crippen molar-refractivity contribution in [1.82, 2.24) is 5.32 Å². The van der Waals surface area contributed by atoms with Crippen LogP contribution in [0.2, 0.25) is 5.02 Å². The molecule has 0 aromatic heterocycles. The molecule has 1 aromatic rings. The summed E-state index contributed by atoms with van der Waals surface area (Å²) < 4.78 is 10.4.